The maximum atomic E-state index is 13.6. The third-order valence-electron chi connectivity index (χ3n) is 2.73. The molecule has 0 saturated heterocycles. The van der Waals surface area contributed by atoms with Crippen LogP contribution in [0.2, 0.25) is 0 Å². The highest BCUT2D eigenvalue weighted by molar-refractivity contribution is 6.16. The zero-order valence-corrected chi connectivity index (χ0v) is 10.5. The van der Waals surface area contributed by atoms with Crippen LogP contribution in [-0.4, -0.2) is 15.5 Å². The van der Waals surface area contributed by atoms with Crippen molar-refractivity contribution in [1.29, 1.82) is 0 Å². The fourth-order valence-electron chi connectivity index (χ4n) is 1.92. The highest BCUT2D eigenvalue weighted by atomic mass is 35.5. The molecule has 0 saturated carbocycles. The Bertz CT molecular complexity index is 582. The molecule has 0 bridgehead atoms. The molecule has 96 valence electrons. The van der Waals surface area contributed by atoms with Gasteiger partial charge in [0, 0.05) is 13.0 Å². The molecule has 18 heavy (non-hydrogen) atoms. The molecular formula is C12H13ClFN3O. The van der Waals surface area contributed by atoms with E-state index in [2.05, 4.69) is 4.98 Å². The number of aromatic nitrogens is 2. The largest absolute Gasteiger partial charge is 0.370 e. The third kappa shape index (κ3) is 2.46. The zero-order chi connectivity index (χ0) is 13.1. The molecule has 2 aromatic rings. The standard InChI is InChI=1S/C12H13ClFN3O/c13-7-11-16-12-8(14)3-1-4-9(12)17(11)6-2-5-10(15)18/h1,3-4H,2,5-7H2,(H2,15,18). The molecule has 0 aliphatic heterocycles. The summed E-state index contributed by atoms with van der Waals surface area (Å²) in [7, 11) is 0. The van der Waals surface area contributed by atoms with Crippen LogP contribution in [0.15, 0.2) is 18.2 Å². The van der Waals surface area contributed by atoms with Gasteiger partial charge in [-0.1, -0.05) is 6.07 Å². The Morgan fingerprint density at radius 3 is 2.94 bits per heavy atom. The summed E-state index contributed by atoms with van der Waals surface area (Å²) in [6, 6.07) is 4.77. The molecule has 6 heteroatoms. The van der Waals surface area contributed by atoms with Gasteiger partial charge in [-0.2, -0.15) is 0 Å². The second-order valence-corrected chi connectivity index (χ2v) is 4.26. The van der Waals surface area contributed by atoms with E-state index < -0.39 is 0 Å². The van der Waals surface area contributed by atoms with Gasteiger partial charge in [-0.05, 0) is 18.6 Å². The van der Waals surface area contributed by atoms with Gasteiger partial charge in [0.25, 0.3) is 0 Å². The normalized spacial score (nSPS) is 11.0. The lowest BCUT2D eigenvalue weighted by Crippen LogP contribution is -2.12. The quantitative estimate of drug-likeness (QED) is 0.846. The number of halogens is 2. The van der Waals surface area contributed by atoms with Gasteiger partial charge in [0.15, 0.2) is 5.82 Å². The van der Waals surface area contributed by atoms with Crippen molar-refractivity contribution in [2.24, 2.45) is 5.73 Å². The van der Waals surface area contributed by atoms with Crippen LogP contribution in [0.3, 0.4) is 0 Å². The summed E-state index contributed by atoms with van der Waals surface area (Å²) in [5.74, 6) is 0.0804. The van der Waals surface area contributed by atoms with Crippen LogP contribution in [0, 0.1) is 5.82 Å². The molecule has 2 N–H and O–H groups in total. The van der Waals surface area contributed by atoms with E-state index in [1.807, 2.05) is 4.57 Å². The number of hydrogen-bond donors (Lipinski definition) is 1. The Labute approximate surface area is 109 Å². The van der Waals surface area contributed by atoms with Crippen molar-refractivity contribution in [1.82, 2.24) is 9.55 Å². The van der Waals surface area contributed by atoms with Gasteiger partial charge in [0.2, 0.25) is 5.91 Å². The van der Waals surface area contributed by atoms with Crippen molar-refractivity contribution in [3.05, 3.63) is 29.8 Å². The van der Waals surface area contributed by atoms with Gasteiger partial charge in [0.1, 0.15) is 11.3 Å². The Hall–Kier alpha value is -1.62. The number of rotatable bonds is 5. The van der Waals surface area contributed by atoms with Crippen molar-refractivity contribution in [3.8, 4) is 0 Å². The number of nitrogens with two attached hydrogens (primary N) is 1. The molecule has 0 atom stereocenters. The molecule has 0 radical (unpaired) electrons. The van der Waals surface area contributed by atoms with E-state index in [4.69, 9.17) is 17.3 Å². The van der Waals surface area contributed by atoms with Crippen LogP contribution >= 0.6 is 11.6 Å². The first-order valence-electron chi connectivity index (χ1n) is 5.61. The Balaban J connectivity index is 2.35. The van der Waals surface area contributed by atoms with E-state index in [1.165, 1.54) is 6.07 Å². The smallest absolute Gasteiger partial charge is 0.217 e. The van der Waals surface area contributed by atoms with Gasteiger partial charge in [0.05, 0.1) is 11.4 Å². The number of nitrogens with zero attached hydrogens (tertiary/aromatic N) is 2. The van der Waals surface area contributed by atoms with E-state index in [0.29, 0.717) is 29.8 Å². The predicted octanol–water partition coefficient (Wildman–Crippen LogP) is 2.18. The Morgan fingerprint density at radius 1 is 1.50 bits per heavy atom. The summed E-state index contributed by atoms with van der Waals surface area (Å²) in [5, 5.41) is 0. The number of para-hydroxylation sites is 1. The summed E-state index contributed by atoms with van der Waals surface area (Å²) in [5.41, 5.74) is 6.09. The number of primary amides is 1. The number of aryl methyl sites for hydroxylation is 1. The number of amides is 1. The van der Waals surface area contributed by atoms with E-state index >= 15 is 0 Å². The number of carbonyl (C=O) groups excluding carboxylic acids is 1. The first-order valence-corrected chi connectivity index (χ1v) is 6.15. The van der Waals surface area contributed by atoms with Gasteiger partial charge < -0.3 is 10.3 Å². The summed E-state index contributed by atoms with van der Waals surface area (Å²) < 4.78 is 15.4. The molecule has 1 aromatic carbocycles. The molecule has 0 fully saturated rings. The molecule has 0 unspecified atom stereocenters. The zero-order valence-electron chi connectivity index (χ0n) is 9.70. The number of benzene rings is 1. The summed E-state index contributed by atoms with van der Waals surface area (Å²) in [6.45, 7) is 0.547. The maximum Gasteiger partial charge on any atom is 0.217 e. The van der Waals surface area contributed by atoms with Crippen molar-refractivity contribution in [2.75, 3.05) is 0 Å². The van der Waals surface area contributed by atoms with E-state index in [0.717, 1.165) is 0 Å². The van der Waals surface area contributed by atoms with Crippen LogP contribution in [0.4, 0.5) is 4.39 Å². The van der Waals surface area contributed by atoms with Crippen molar-refractivity contribution >= 4 is 28.5 Å². The third-order valence-corrected chi connectivity index (χ3v) is 2.97. The van der Waals surface area contributed by atoms with Crippen LogP contribution in [0.1, 0.15) is 18.7 Å². The van der Waals surface area contributed by atoms with Crippen LogP contribution in [-0.2, 0) is 17.2 Å². The molecule has 1 aromatic heterocycles. The topological polar surface area (TPSA) is 60.9 Å². The highest BCUT2D eigenvalue weighted by Crippen LogP contribution is 2.20. The number of alkyl halides is 1. The first-order chi connectivity index (χ1) is 8.63. The van der Waals surface area contributed by atoms with Crippen molar-refractivity contribution < 1.29 is 9.18 Å². The molecule has 1 amide bonds. The van der Waals surface area contributed by atoms with Gasteiger partial charge in [-0.25, -0.2) is 9.37 Å². The van der Waals surface area contributed by atoms with Gasteiger partial charge in [-0.3, -0.25) is 4.79 Å². The predicted molar refractivity (Wildman–Crippen MR) is 67.7 cm³/mol. The minimum atomic E-state index is -0.368. The molecular weight excluding hydrogens is 257 g/mol. The average molecular weight is 270 g/mol. The minimum Gasteiger partial charge on any atom is -0.370 e. The van der Waals surface area contributed by atoms with Crippen LogP contribution in [0.5, 0.6) is 0 Å². The Morgan fingerprint density at radius 2 is 2.28 bits per heavy atom. The molecule has 0 aliphatic carbocycles. The van der Waals surface area contributed by atoms with E-state index in [1.54, 1.807) is 12.1 Å². The summed E-state index contributed by atoms with van der Waals surface area (Å²) >= 11 is 5.80. The molecule has 0 aliphatic rings. The second kappa shape index (κ2) is 5.35. The second-order valence-electron chi connectivity index (χ2n) is 3.99. The molecule has 2 rings (SSSR count). The number of carbonyl (C=O) groups is 1. The van der Waals surface area contributed by atoms with Crippen molar-refractivity contribution in [3.63, 3.8) is 0 Å². The lowest BCUT2D eigenvalue weighted by molar-refractivity contribution is -0.118. The molecule has 0 spiro atoms. The van der Waals surface area contributed by atoms with Crippen LogP contribution < -0.4 is 5.73 Å². The highest BCUT2D eigenvalue weighted by Gasteiger charge is 2.12. The van der Waals surface area contributed by atoms with Crippen LogP contribution in [0.25, 0.3) is 11.0 Å². The minimum absolute atomic E-state index is 0.199. The average Bonchev–Trinajstić information content (AvgIpc) is 2.69. The number of hydrogen-bond acceptors (Lipinski definition) is 2. The van der Waals surface area contributed by atoms with Crippen molar-refractivity contribution in [2.45, 2.75) is 25.3 Å². The fourth-order valence-corrected chi connectivity index (χ4v) is 2.13. The van der Waals surface area contributed by atoms with E-state index in [9.17, 15) is 9.18 Å². The Kier molecular flexibility index (Phi) is 3.81. The maximum absolute atomic E-state index is 13.6. The fraction of sp³-hybridized carbons (Fsp3) is 0.333. The monoisotopic (exact) mass is 269 g/mol. The lowest BCUT2D eigenvalue weighted by atomic mass is 10.2. The molecule has 4 nitrogen and oxygen atoms in total. The number of fused-ring (bicyclic) bond motifs is 1. The SMILES string of the molecule is NC(=O)CCCn1c(CCl)nc2c(F)cccc21. The summed E-state index contributed by atoms with van der Waals surface area (Å²) in [6.07, 6.45) is 0.873. The molecule has 1 heterocycles. The summed E-state index contributed by atoms with van der Waals surface area (Å²) in [4.78, 5) is 14.9. The van der Waals surface area contributed by atoms with Gasteiger partial charge >= 0.3 is 0 Å². The van der Waals surface area contributed by atoms with Gasteiger partial charge in [-0.15, -0.1) is 11.6 Å². The van der Waals surface area contributed by atoms with E-state index in [-0.39, 0.29) is 24.0 Å². The first kappa shape index (κ1) is 12.8. The number of imidazole rings is 1. The lowest BCUT2D eigenvalue weighted by Gasteiger charge is -2.06.